The van der Waals surface area contributed by atoms with Crippen molar-refractivity contribution >= 4 is 15.9 Å². The van der Waals surface area contributed by atoms with Gasteiger partial charge in [-0.05, 0) is 36.6 Å². The van der Waals surface area contributed by atoms with E-state index in [1.165, 1.54) is 0 Å². The fourth-order valence-corrected chi connectivity index (χ4v) is 1.75. The number of rotatable bonds is 5. The van der Waals surface area contributed by atoms with Crippen LogP contribution in [-0.4, -0.2) is 18.2 Å². The zero-order valence-electron chi connectivity index (χ0n) is 10.1. The van der Waals surface area contributed by atoms with Crippen molar-refractivity contribution in [1.29, 1.82) is 0 Å². The summed E-state index contributed by atoms with van der Waals surface area (Å²) in [5.41, 5.74) is 2.12. The Balaban J connectivity index is 2.52. The Morgan fingerprint density at radius 2 is 2.00 bits per heavy atom. The number of benzene rings is 1. The molecule has 16 heavy (non-hydrogen) atoms. The van der Waals surface area contributed by atoms with Crippen LogP contribution >= 0.6 is 15.9 Å². The predicted octanol–water partition coefficient (Wildman–Crippen LogP) is 3.04. The maximum Gasteiger partial charge on any atom is 0.0914 e. The Hall–Kier alpha value is -0.380. The van der Waals surface area contributed by atoms with E-state index in [9.17, 15) is 5.11 Å². The van der Waals surface area contributed by atoms with Crippen molar-refractivity contribution < 1.29 is 5.11 Å². The smallest absolute Gasteiger partial charge is 0.0914 e. The minimum absolute atomic E-state index is 0.425. The fourth-order valence-electron chi connectivity index (χ4n) is 1.50. The van der Waals surface area contributed by atoms with Gasteiger partial charge in [0.1, 0.15) is 0 Å². The number of aliphatic hydroxyl groups excluding tert-OH is 1. The second-order valence-corrected chi connectivity index (χ2v) is 5.43. The third-order valence-electron chi connectivity index (χ3n) is 2.46. The van der Waals surface area contributed by atoms with E-state index < -0.39 is 6.10 Å². The minimum Gasteiger partial charge on any atom is -0.387 e. The molecule has 0 radical (unpaired) electrons. The summed E-state index contributed by atoms with van der Waals surface area (Å²) in [7, 11) is 0. The SMILES string of the molecule is Cc1cc(C(O)CNCC(C)C)ccc1Br. The van der Waals surface area contributed by atoms with Gasteiger partial charge in [-0.25, -0.2) is 0 Å². The van der Waals surface area contributed by atoms with Crippen LogP contribution in [0.2, 0.25) is 0 Å². The van der Waals surface area contributed by atoms with E-state index in [1.54, 1.807) is 0 Å². The summed E-state index contributed by atoms with van der Waals surface area (Å²) in [5, 5.41) is 13.2. The van der Waals surface area contributed by atoms with Gasteiger partial charge in [0.2, 0.25) is 0 Å². The number of nitrogens with one attached hydrogen (secondary N) is 1. The van der Waals surface area contributed by atoms with Gasteiger partial charge < -0.3 is 10.4 Å². The summed E-state index contributed by atoms with van der Waals surface area (Å²) >= 11 is 3.45. The average Bonchev–Trinajstić information content (AvgIpc) is 2.21. The highest BCUT2D eigenvalue weighted by atomic mass is 79.9. The lowest BCUT2D eigenvalue weighted by Crippen LogP contribution is -2.25. The average molecular weight is 286 g/mol. The largest absolute Gasteiger partial charge is 0.387 e. The van der Waals surface area contributed by atoms with Crippen LogP contribution in [0.1, 0.15) is 31.1 Å². The zero-order chi connectivity index (χ0) is 12.1. The first-order valence-electron chi connectivity index (χ1n) is 5.65. The zero-order valence-corrected chi connectivity index (χ0v) is 11.7. The van der Waals surface area contributed by atoms with E-state index in [-0.39, 0.29) is 0 Å². The highest BCUT2D eigenvalue weighted by Gasteiger charge is 2.08. The number of hydrogen-bond acceptors (Lipinski definition) is 2. The highest BCUT2D eigenvalue weighted by Crippen LogP contribution is 2.20. The molecule has 0 saturated carbocycles. The molecule has 3 heteroatoms. The first-order valence-corrected chi connectivity index (χ1v) is 6.45. The second kappa shape index (κ2) is 6.38. The highest BCUT2D eigenvalue weighted by molar-refractivity contribution is 9.10. The molecule has 1 atom stereocenters. The van der Waals surface area contributed by atoms with Crippen LogP contribution in [0, 0.1) is 12.8 Å². The quantitative estimate of drug-likeness (QED) is 0.872. The molecule has 0 fully saturated rings. The molecule has 0 bridgehead atoms. The number of aliphatic hydroxyl groups is 1. The van der Waals surface area contributed by atoms with Gasteiger partial charge in [0, 0.05) is 11.0 Å². The molecule has 0 spiro atoms. The van der Waals surface area contributed by atoms with E-state index in [1.807, 2.05) is 25.1 Å². The van der Waals surface area contributed by atoms with Gasteiger partial charge in [-0.15, -0.1) is 0 Å². The van der Waals surface area contributed by atoms with E-state index in [2.05, 4.69) is 35.1 Å². The molecule has 90 valence electrons. The standard InChI is InChI=1S/C13H20BrNO/c1-9(2)7-15-8-13(16)11-4-5-12(14)10(3)6-11/h4-6,9,13,15-16H,7-8H2,1-3H3. The Labute approximate surface area is 106 Å². The maximum atomic E-state index is 9.97. The van der Waals surface area contributed by atoms with E-state index in [4.69, 9.17) is 0 Å². The molecule has 0 aliphatic rings. The molecule has 0 amide bonds. The first kappa shape index (κ1) is 13.7. The van der Waals surface area contributed by atoms with Gasteiger partial charge in [-0.3, -0.25) is 0 Å². The Morgan fingerprint density at radius 3 is 2.56 bits per heavy atom. The molecule has 0 saturated heterocycles. The van der Waals surface area contributed by atoms with Gasteiger partial charge >= 0.3 is 0 Å². The van der Waals surface area contributed by atoms with Crippen LogP contribution in [0.3, 0.4) is 0 Å². The molecule has 2 nitrogen and oxygen atoms in total. The fraction of sp³-hybridized carbons (Fsp3) is 0.538. The molecule has 2 N–H and O–H groups in total. The Kier molecular flexibility index (Phi) is 5.46. The molecule has 0 aliphatic heterocycles. The third kappa shape index (κ3) is 4.24. The Morgan fingerprint density at radius 1 is 1.31 bits per heavy atom. The topological polar surface area (TPSA) is 32.3 Å². The molecule has 1 aromatic rings. The monoisotopic (exact) mass is 285 g/mol. The first-order chi connectivity index (χ1) is 7.50. The molecular formula is C13H20BrNO. The molecule has 0 heterocycles. The summed E-state index contributed by atoms with van der Waals surface area (Å²) in [6, 6.07) is 5.96. The molecule has 1 rings (SSSR count). The lowest BCUT2D eigenvalue weighted by atomic mass is 10.1. The van der Waals surface area contributed by atoms with Crippen molar-refractivity contribution in [1.82, 2.24) is 5.32 Å². The van der Waals surface area contributed by atoms with Gasteiger partial charge in [0.25, 0.3) is 0 Å². The van der Waals surface area contributed by atoms with E-state index >= 15 is 0 Å². The summed E-state index contributed by atoms with van der Waals surface area (Å²) in [6.07, 6.45) is -0.425. The summed E-state index contributed by atoms with van der Waals surface area (Å²) in [6.45, 7) is 7.89. The van der Waals surface area contributed by atoms with Crippen LogP contribution in [0.15, 0.2) is 22.7 Å². The van der Waals surface area contributed by atoms with Crippen LogP contribution < -0.4 is 5.32 Å². The van der Waals surface area contributed by atoms with Crippen molar-refractivity contribution in [3.05, 3.63) is 33.8 Å². The van der Waals surface area contributed by atoms with Crippen LogP contribution in [-0.2, 0) is 0 Å². The van der Waals surface area contributed by atoms with Crippen molar-refractivity contribution in [3.8, 4) is 0 Å². The lowest BCUT2D eigenvalue weighted by molar-refractivity contribution is 0.173. The minimum atomic E-state index is -0.425. The van der Waals surface area contributed by atoms with Crippen molar-refractivity contribution in [2.45, 2.75) is 26.9 Å². The van der Waals surface area contributed by atoms with E-state index in [0.717, 1.165) is 22.1 Å². The third-order valence-corrected chi connectivity index (χ3v) is 3.35. The normalized spacial score (nSPS) is 13.1. The molecule has 0 aromatic heterocycles. The lowest BCUT2D eigenvalue weighted by Gasteiger charge is -2.14. The molecule has 1 aromatic carbocycles. The van der Waals surface area contributed by atoms with Crippen LogP contribution in [0.5, 0.6) is 0 Å². The number of hydrogen-bond donors (Lipinski definition) is 2. The van der Waals surface area contributed by atoms with Gasteiger partial charge in [-0.1, -0.05) is 41.9 Å². The molecule has 0 aliphatic carbocycles. The van der Waals surface area contributed by atoms with Gasteiger partial charge in [0.15, 0.2) is 0 Å². The number of aryl methyl sites for hydroxylation is 1. The molecular weight excluding hydrogens is 266 g/mol. The second-order valence-electron chi connectivity index (χ2n) is 4.58. The molecule has 1 unspecified atom stereocenters. The predicted molar refractivity (Wildman–Crippen MR) is 71.5 cm³/mol. The van der Waals surface area contributed by atoms with Crippen LogP contribution in [0.25, 0.3) is 0 Å². The van der Waals surface area contributed by atoms with Crippen LogP contribution in [0.4, 0.5) is 0 Å². The van der Waals surface area contributed by atoms with Crippen molar-refractivity contribution in [2.24, 2.45) is 5.92 Å². The Bertz CT molecular complexity index is 339. The van der Waals surface area contributed by atoms with Gasteiger partial charge in [-0.2, -0.15) is 0 Å². The maximum absolute atomic E-state index is 9.97. The van der Waals surface area contributed by atoms with E-state index in [0.29, 0.717) is 12.5 Å². The summed E-state index contributed by atoms with van der Waals surface area (Å²) < 4.78 is 1.08. The number of halogens is 1. The van der Waals surface area contributed by atoms with Crippen molar-refractivity contribution in [2.75, 3.05) is 13.1 Å². The van der Waals surface area contributed by atoms with Gasteiger partial charge in [0.05, 0.1) is 6.10 Å². The summed E-state index contributed by atoms with van der Waals surface area (Å²) in [5.74, 6) is 0.610. The van der Waals surface area contributed by atoms with Crippen molar-refractivity contribution in [3.63, 3.8) is 0 Å². The summed E-state index contributed by atoms with van der Waals surface area (Å²) in [4.78, 5) is 0.